The Kier molecular flexibility index (Phi) is 4.98. The molecule has 1 aliphatic heterocycles. The van der Waals surface area contributed by atoms with Crippen molar-refractivity contribution in [3.8, 4) is 0 Å². The number of amides is 2. The summed E-state index contributed by atoms with van der Waals surface area (Å²) in [4.78, 5) is 24.9. The first-order chi connectivity index (χ1) is 10.0. The fourth-order valence-corrected chi connectivity index (χ4v) is 3.12. The average molecular weight is 310 g/mol. The van der Waals surface area contributed by atoms with Gasteiger partial charge in [0.15, 0.2) is 0 Å². The fraction of sp³-hybridized carbons (Fsp3) is 0.429. The van der Waals surface area contributed by atoms with Crippen molar-refractivity contribution in [2.45, 2.75) is 19.9 Å². The highest BCUT2D eigenvalue weighted by molar-refractivity contribution is 7.10. The lowest BCUT2D eigenvalue weighted by atomic mass is 9.99. The van der Waals surface area contributed by atoms with Gasteiger partial charge in [0.1, 0.15) is 6.61 Å². The summed E-state index contributed by atoms with van der Waals surface area (Å²) in [5.41, 5.74) is 1.97. The summed E-state index contributed by atoms with van der Waals surface area (Å²) in [5.74, 6) is -0.449. The van der Waals surface area contributed by atoms with Crippen LogP contribution in [0.5, 0.6) is 0 Å². The lowest BCUT2D eigenvalue weighted by Gasteiger charge is -2.27. The number of urea groups is 1. The summed E-state index contributed by atoms with van der Waals surface area (Å²) >= 11 is 1.50. The number of allylic oxidation sites excluding steroid dienone is 1. The Morgan fingerprint density at radius 3 is 2.76 bits per heavy atom. The standard InChI is InChI=1S/C14H18N2O4S/c1-8-4-7-21-12(8)11-10(9(2)15-14(18)16-11)13(17)20-6-5-19-3/h4,7,11H,5-6H2,1-3H3,(H2,15,16,18)/t11-/m0/s1. The zero-order valence-corrected chi connectivity index (χ0v) is 13.0. The summed E-state index contributed by atoms with van der Waals surface area (Å²) in [6.07, 6.45) is 0. The van der Waals surface area contributed by atoms with Crippen LogP contribution < -0.4 is 10.6 Å². The van der Waals surface area contributed by atoms with E-state index in [0.717, 1.165) is 10.4 Å². The molecule has 2 amide bonds. The van der Waals surface area contributed by atoms with Gasteiger partial charge < -0.3 is 20.1 Å². The van der Waals surface area contributed by atoms with Gasteiger partial charge in [-0.15, -0.1) is 11.3 Å². The molecule has 2 heterocycles. The van der Waals surface area contributed by atoms with E-state index in [2.05, 4.69) is 10.6 Å². The number of carbonyl (C=O) groups is 2. The lowest BCUT2D eigenvalue weighted by molar-refractivity contribution is -0.140. The molecule has 0 unspecified atom stereocenters. The van der Waals surface area contributed by atoms with E-state index in [1.54, 1.807) is 14.0 Å². The van der Waals surface area contributed by atoms with E-state index in [9.17, 15) is 9.59 Å². The molecule has 21 heavy (non-hydrogen) atoms. The second-order valence-corrected chi connectivity index (χ2v) is 5.61. The van der Waals surface area contributed by atoms with Crippen molar-refractivity contribution in [1.29, 1.82) is 0 Å². The van der Waals surface area contributed by atoms with Crippen LogP contribution >= 0.6 is 11.3 Å². The smallest absolute Gasteiger partial charge is 0.338 e. The molecule has 1 aliphatic rings. The molecule has 0 aromatic carbocycles. The molecular formula is C14H18N2O4S. The van der Waals surface area contributed by atoms with E-state index in [-0.39, 0.29) is 12.6 Å². The van der Waals surface area contributed by atoms with Gasteiger partial charge in [0, 0.05) is 17.7 Å². The summed E-state index contributed by atoms with van der Waals surface area (Å²) in [7, 11) is 1.54. The number of aryl methyl sites for hydroxylation is 1. The molecule has 2 rings (SSSR count). The van der Waals surface area contributed by atoms with Crippen LogP contribution in [0.3, 0.4) is 0 Å². The third-order valence-corrected chi connectivity index (χ3v) is 4.26. The number of esters is 1. The number of carbonyl (C=O) groups excluding carboxylic acids is 2. The minimum Gasteiger partial charge on any atom is -0.460 e. The van der Waals surface area contributed by atoms with E-state index < -0.39 is 12.0 Å². The van der Waals surface area contributed by atoms with Crippen LogP contribution in [0.2, 0.25) is 0 Å². The Morgan fingerprint density at radius 2 is 2.14 bits per heavy atom. The highest BCUT2D eigenvalue weighted by Crippen LogP contribution is 2.32. The van der Waals surface area contributed by atoms with Gasteiger partial charge in [0.2, 0.25) is 0 Å². The zero-order valence-electron chi connectivity index (χ0n) is 12.2. The third-order valence-electron chi connectivity index (χ3n) is 3.17. The SMILES string of the molecule is COCCOC(=O)C1=C(C)NC(=O)N[C@@H]1c1sccc1C. The Hall–Kier alpha value is -1.86. The molecule has 1 aromatic rings. The normalized spacial score (nSPS) is 18.2. The average Bonchev–Trinajstić information content (AvgIpc) is 2.84. The highest BCUT2D eigenvalue weighted by Gasteiger charge is 2.33. The molecule has 0 radical (unpaired) electrons. The second kappa shape index (κ2) is 6.73. The van der Waals surface area contributed by atoms with E-state index in [4.69, 9.17) is 9.47 Å². The first-order valence-electron chi connectivity index (χ1n) is 6.53. The van der Waals surface area contributed by atoms with Crippen LogP contribution in [-0.2, 0) is 14.3 Å². The summed E-state index contributed by atoms with van der Waals surface area (Å²) in [6, 6.07) is 1.16. The maximum atomic E-state index is 12.3. The summed E-state index contributed by atoms with van der Waals surface area (Å²) in [6.45, 7) is 4.15. The third kappa shape index (κ3) is 3.43. The van der Waals surface area contributed by atoms with Crippen molar-refractivity contribution < 1.29 is 19.1 Å². The molecule has 0 spiro atoms. The number of rotatable bonds is 5. The van der Waals surface area contributed by atoms with Crippen molar-refractivity contribution in [3.05, 3.63) is 33.2 Å². The number of ether oxygens (including phenoxy) is 2. The maximum Gasteiger partial charge on any atom is 0.338 e. The van der Waals surface area contributed by atoms with Crippen LogP contribution in [0.15, 0.2) is 22.7 Å². The van der Waals surface area contributed by atoms with Crippen molar-refractivity contribution >= 4 is 23.3 Å². The molecule has 0 aliphatic carbocycles. The van der Waals surface area contributed by atoms with Crippen molar-refractivity contribution in [2.75, 3.05) is 20.3 Å². The molecule has 1 aromatic heterocycles. The first kappa shape index (κ1) is 15.5. The maximum absolute atomic E-state index is 12.3. The number of methoxy groups -OCH3 is 1. The molecule has 7 heteroatoms. The Bertz CT molecular complexity index is 579. The van der Waals surface area contributed by atoms with Crippen molar-refractivity contribution in [1.82, 2.24) is 10.6 Å². The summed E-state index contributed by atoms with van der Waals surface area (Å²) in [5, 5.41) is 7.33. The van der Waals surface area contributed by atoms with Crippen LogP contribution in [0.4, 0.5) is 4.79 Å². The Balaban J connectivity index is 2.28. The van der Waals surface area contributed by atoms with Gasteiger partial charge in [-0.25, -0.2) is 9.59 Å². The molecule has 2 N–H and O–H groups in total. The Labute approximate surface area is 127 Å². The fourth-order valence-electron chi connectivity index (χ4n) is 2.14. The predicted octanol–water partition coefficient (Wildman–Crippen LogP) is 1.87. The van der Waals surface area contributed by atoms with Gasteiger partial charge in [-0.2, -0.15) is 0 Å². The second-order valence-electron chi connectivity index (χ2n) is 4.67. The summed E-state index contributed by atoms with van der Waals surface area (Å²) < 4.78 is 10.1. The molecule has 0 bridgehead atoms. The molecule has 0 saturated heterocycles. The van der Waals surface area contributed by atoms with Crippen LogP contribution in [0.1, 0.15) is 23.4 Å². The van der Waals surface area contributed by atoms with E-state index in [1.165, 1.54) is 11.3 Å². The van der Waals surface area contributed by atoms with Crippen molar-refractivity contribution in [3.63, 3.8) is 0 Å². The number of hydrogen-bond acceptors (Lipinski definition) is 5. The van der Waals surface area contributed by atoms with E-state index in [0.29, 0.717) is 17.9 Å². The van der Waals surface area contributed by atoms with Crippen LogP contribution in [-0.4, -0.2) is 32.3 Å². The molecule has 0 fully saturated rings. The molecule has 114 valence electrons. The minimum atomic E-state index is -0.478. The largest absolute Gasteiger partial charge is 0.460 e. The molecular weight excluding hydrogens is 292 g/mol. The zero-order chi connectivity index (χ0) is 15.4. The monoisotopic (exact) mass is 310 g/mol. The molecule has 6 nitrogen and oxygen atoms in total. The number of thiophene rings is 1. The quantitative estimate of drug-likeness (QED) is 0.643. The van der Waals surface area contributed by atoms with Gasteiger partial charge >= 0.3 is 12.0 Å². The minimum absolute atomic E-state index is 0.177. The number of nitrogens with one attached hydrogen (secondary N) is 2. The van der Waals surface area contributed by atoms with Gasteiger partial charge in [-0.1, -0.05) is 0 Å². The van der Waals surface area contributed by atoms with Crippen molar-refractivity contribution in [2.24, 2.45) is 0 Å². The van der Waals surface area contributed by atoms with Gasteiger partial charge in [-0.3, -0.25) is 0 Å². The van der Waals surface area contributed by atoms with E-state index in [1.807, 2.05) is 18.4 Å². The van der Waals surface area contributed by atoms with Crippen LogP contribution in [0, 0.1) is 6.92 Å². The van der Waals surface area contributed by atoms with Gasteiger partial charge in [0.05, 0.1) is 18.2 Å². The number of hydrogen-bond donors (Lipinski definition) is 2. The lowest BCUT2D eigenvalue weighted by Crippen LogP contribution is -2.45. The first-order valence-corrected chi connectivity index (χ1v) is 7.41. The molecule has 1 atom stereocenters. The highest BCUT2D eigenvalue weighted by atomic mass is 32.1. The van der Waals surface area contributed by atoms with Gasteiger partial charge in [-0.05, 0) is 30.9 Å². The predicted molar refractivity (Wildman–Crippen MR) is 79.0 cm³/mol. The Morgan fingerprint density at radius 1 is 1.38 bits per heavy atom. The van der Waals surface area contributed by atoms with Gasteiger partial charge in [0.25, 0.3) is 0 Å². The van der Waals surface area contributed by atoms with E-state index >= 15 is 0 Å². The topological polar surface area (TPSA) is 76.7 Å². The van der Waals surface area contributed by atoms with Crippen LogP contribution in [0.25, 0.3) is 0 Å². The molecule has 0 saturated carbocycles.